The maximum absolute atomic E-state index is 12.7. The molecule has 0 radical (unpaired) electrons. The van der Waals surface area contributed by atoms with Gasteiger partial charge in [-0.25, -0.2) is 9.69 Å². The van der Waals surface area contributed by atoms with Gasteiger partial charge in [-0.3, -0.25) is 9.59 Å². The third kappa shape index (κ3) is 2.75. The number of hydrogen-bond acceptors (Lipinski definition) is 5. The molecule has 0 spiro atoms. The fraction of sp³-hybridized carbons (Fsp3) is 0.353. The van der Waals surface area contributed by atoms with Crippen molar-refractivity contribution in [3.8, 4) is 0 Å². The van der Waals surface area contributed by atoms with E-state index in [1.54, 1.807) is 39.0 Å². The molecule has 2 aliphatic heterocycles. The molecule has 1 aromatic carbocycles. The summed E-state index contributed by atoms with van der Waals surface area (Å²) in [5.41, 5.74) is -2.43. The van der Waals surface area contributed by atoms with E-state index in [0.717, 1.165) is 4.90 Å². The third-order valence-electron chi connectivity index (χ3n) is 3.91. The van der Waals surface area contributed by atoms with Crippen LogP contribution in [-0.4, -0.2) is 40.1 Å². The minimum Gasteiger partial charge on any atom is -0.443 e. The van der Waals surface area contributed by atoms with Gasteiger partial charge < -0.3 is 15.2 Å². The largest absolute Gasteiger partial charge is 0.443 e. The molecule has 132 valence electrons. The quantitative estimate of drug-likeness (QED) is 0.742. The Morgan fingerprint density at radius 3 is 2.68 bits per heavy atom. The minimum atomic E-state index is -2.16. The SMILES string of the molecule is CC(C)(C)OC(=O)N1CC=C(C2(O)C(=O)Nc3cccc(Br)c32)C1=O. The van der Waals surface area contributed by atoms with Crippen molar-refractivity contribution in [3.05, 3.63) is 39.9 Å². The van der Waals surface area contributed by atoms with Crippen LogP contribution in [0, 0.1) is 0 Å². The molecular formula is C17H17BrN2O5. The van der Waals surface area contributed by atoms with E-state index in [1.165, 1.54) is 6.08 Å². The number of nitrogens with zero attached hydrogens (tertiary/aromatic N) is 1. The molecule has 1 atom stereocenters. The van der Waals surface area contributed by atoms with Gasteiger partial charge in [0.15, 0.2) is 0 Å². The van der Waals surface area contributed by atoms with Gasteiger partial charge in [0.25, 0.3) is 11.8 Å². The molecule has 0 aliphatic carbocycles. The Kier molecular flexibility index (Phi) is 4.00. The topological polar surface area (TPSA) is 95.9 Å². The van der Waals surface area contributed by atoms with Gasteiger partial charge in [-0.2, -0.15) is 0 Å². The van der Waals surface area contributed by atoms with Crippen molar-refractivity contribution >= 4 is 39.5 Å². The van der Waals surface area contributed by atoms with Crippen LogP contribution in [0.3, 0.4) is 0 Å². The first-order valence-electron chi connectivity index (χ1n) is 7.64. The van der Waals surface area contributed by atoms with Crippen LogP contribution in [0.5, 0.6) is 0 Å². The Morgan fingerprint density at radius 1 is 1.36 bits per heavy atom. The summed E-state index contributed by atoms with van der Waals surface area (Å²) in [4.78, 5) is 38.2. The van der Waals surface area contributed by atoms with E-state index >= 15 is 0 Å². The predicted octanol–water partition coefficient (Wildman–Crippen LogP) is 2.29. The molecule has 1 aromatic rings. The first-order chi connectivity index (χ1) is 11.6. The van der Waals surface area contributed by atoms with Gasteiger partial charge in [-0.15, -0.1) is 0 Å². The van der Waals surface area contributed by atoms with Crippen LogP contribution in [0.25, 0.3) is 0 Å². The van der Waals surface area contributed by atoms with Crippen LogP contribution in [0.1, 0.15) is 26.3 Å². The van der Waals surface area contributed by atoms with Crippen molar-refractivity contribution in [2.45, 2.75) is 32.0 Å². The number of hydrogen-bond donors (Lipinski definition) is 2. The molecule has 8 heteroatoms. The lowest BCUT2D eigenvalue weighted by atomic mass is 9.87. The highest BCUT2D eigenvalue weighted by Gasteiger charge is 2.54. The number of amides is 3. The van der Waals surface area contributed by atoms with Crippen molar-refractivity contribution in [3.63, 3.8) is 0 Å². The van der Waals surface area contributed by atoms with Crippen molar-refractivity contribution in [1.82, 2.24) is 4.90 Å². The van der Waals surface area contributed by atoms with E-state index in [2.05, 4.69) is 21.2 Å². The second kappa shape index (κ2) is 5.67. The average molecular weight is 409 g/mol. The van der Waals surface area contributed by atoms with E-state index in [-0.39, 0.29) is 17.7 Å². The molecule has 2 heterocycles. The Bertz CT molecular complexity index is 827. The molecule has 3 amide bonds. The number of anilines is 1. The lowest BCUT2D eigenvalue weighted by molar-refractivity contribution is -0.136. The molecule has 2 aliphatic rings. The number of fused-ring (bicyclic) bond motifs is 1. The fourth-order valence-electron chi connectivity index (χ4n) is 2.85. The molecule has 2 N–H and O–H groups in total. The summed E-state index contributed by atoms with van der Waals surface area (Å²) in [5.74, 6) is -1.49. The summed E-state index contributed by atoms with van der Waals surface area (Å²) < 4.78 is 5.68. The van der Waals surface area contributed by atoms with Gasteiger partial charge >= 0.3 is 6.09 Å². The highest BCUT2D eigenvalue weighted by molar-refractivity contribution is 9.10. The van der Waals surface area contributed by atoms with Gasteiger partial charge in [0.1, 0.15) is 5.60 Å². The number of rotatable bonds is 1. The number of halogens is 1. The molecule has 0 fully saturated rings. The van der Waals surface area contributed by atoms with Crippen LogP contribution >= 0.6 is 15.9 Å². The van der Waals surface area contributed by atoms with Crippen LogP contribution < -0.4 is 5.32 Å². The summed E-state index contributed by atoms with van der Waals surface area (Å²) in [6.07, 6.45) is 0.554. The summed E-state index contributed by atoms with van der Waals surface area (Å²) in [5, 5.41) is 13.6. The Labute approximate surface area is 152 Å². The average Bonchev–Trinajstić information content (AvgIpc) is 2.98. The number of carbonyl (C=O) groups excluding carboxylic acids is 3. The van der Waals surface area contributed by atoms with Crippen LogP contribution in [0.4, 0.5) is 10.5 Å². The van der Waals surface area contributed by atoms with Crippen molar-refractivity contribution < 1.29 is 24.2 Å². The molecule has 0 saturated carbocycles. The standard InChI is InChI=1S/C17H17BrN2O5/c1-16(2,3)25-15(23)20-8-7-9(13(20)21)17(24)12-10(18)5-4-6-11(12)19-14(17)22/h4-7,24H,8H2,1-3H3,(H,19,22). The number of nitrogens with one attached hydrogen (secondary N) is 1. The Balaban J connectivity index is 1.95. The number of imide groups is 1. The molecule has 3 rings (SSSR count). The lowest BCUT2D eigenvalue weighted by Gasteiger charge is -2.26. The maximum Gasteiger partial charge on any atom is 0.417 e. The lowest BCUT2D eigenvalue weighted by Crippen LogP contribution is -2.44. The maximum atomic E-state index is 12.7. The van der Waals surface area contributed by atoms with Gasteiger partial charge in [0.05, 0.1) is 12.1 Å². The number of ether oxygens (including phenoxy) is 1. The summed E-state index contributed by atoms with van der Waals surface area (Å²) >= 11 is 3.31. The molecule has 1 unspecified atom stereocenters. The normalized spacial score (nSPS) is 22.6. The number of carbonyl (C=O) groups is 3. The van der Waals surface area contributed by atoms with Crippen LogP contribution in [0.15, 0.2) is 34.3 Å². The molecule has 0 bridgehead atoms. The zero-order valence-corrected chi connectivity index (χ0v) is 15.5. The van der Waals surface area contributed by atoms with Gasteiger partial charge in [-0.05, 0) is 32.9 Å². The highest BCUT2D eigenvalue weighted by Crippen LogP contribution is 2.46. The first kappa shape index (κ1) is 17.6. The molecule has 25 heavy (non-hydrogen) atoms. The molecule has 0 saturated heterocycles. The Hall–Kier alpha value is -2.19. The smallest absolute Gasteiger partial charge is 0.417 e. The zero-order valence-electron chi connectivity index (χ0n) is 13.9. The second-order valence-corrected chi connectivity index (χ2v) is 7.70. The predicted molar refractivity (Wildman–Crippen MR) is 92.7 cm³/mol. The van der Waals surface area contributed by atoms with Crippen molar-refractivity contribution in [1.29, 1.82) is 0 Å². The molecule has 0 aromatic heterocycles. The van der Waals surface area contributed by atoms with E-state index in [1.807, 2.05) is 0 Å². The number of aliphatic hydroxyl groups is 1. The third-order valence-corrected chi connectivity index (χ3v) is 4.57. The van der Waals surface area contributed by atoms with Crippen molar-refractivity contribution in [2.75, 3.05) is 11.9 Å². The molecular weight excluding hydrogens is 392 g/mol. The number of benzene rings is 1. The van der Waals surface area contributed by atoms with E-state index in [0.29, 0.717) is 10.2 Å². The summed E-state index contributed by atoms with van der Waals surface area (Å²) in [7, 11) is 0. The fourth-order valence-corrected chi connectivity index (χ4v) is 3.51. The highest BCUT2D eigenvalue weighted by atomic mass is 79.9. The Morgan fingerprint density at radius 2 is 2.04 bits per heavy atom. The minimum absolute atomic E-state index is 0.0710. The van der Waals surface area contributed by atoms with Gasteiger partial charge in [-0.1, -0.05) is 28.1 Å². The summed E-state index contributed by atoms with van der Waals surface area (Å²) in [6, 6.07) is 4.99. The van der Waals surface area contributed by atoms with Gasteiger partial charge in [0, 0.05) is 15.7 Å². The van der Waals surface area contributed by atoms with E-state index < -0.39 is 29.1 Å². The molecule has 7 nitrogen and oxygen atoms in total. The van der Waals surface area contributed by atoms with Crippen molar-refractivity contribution in [2.24, 2.45) is 0 Å². The zero-order chi connectivity index (χ0) is 18.6. The van der Waals surface area contributed by atoms with Crippen LogP contribution in [-0.2, 0) is 19.9 Å². The van der Waals surface area contributed by atoms with E-state index in [4.69, 9.17) is 4.74 Å². The van der Waals surface area contributed by atoms with E-state index in [9.17, 15) is 19.5 Å². The monoisotopic (exact) mass is 408 g/mol. The van der Waals surface area contributed by atoms with Gasteiger partial charge in [0.2, 0.25) is 5.60 Å². The summed E-state index contributed by atoms with van der Waals surface area (Å²) in [6.45, 7) is 4.99. The first-order valence-corrected chi connectivity index (χ1v) is 8.43. The second-order valence-electron chi connectivity index (χ2n) is 6.84. The van der Waals surface area contributed by atoms with Crippen LogP contribution in [0.2, 0.25) is 0 Å².